The number of ether oxygens (including phenoxy) is 1. The van der Waals surface area contributed by atoms with Crippen LogP contribution in [0.1, 0.15) is 33.6 Å². The van der Waals surface area contributed by atoms with Gasteiger partial charge in [0.05, 0.1) is 16.5 Å². The van der Waals surface area contributed by atoms with Gasteiger partial charge in [0.1, 0.15) is 4.90 Å². The Bertz CT molecular complexity index is 846. The van der Waals surface area contributed by atoms with E-state index in [4.69, 9.17) is 0 Å². The maximum atomic E-state index is 12.7. The molecule has 0 spiro atoms. The van der Waals surface area contributed by atoms with Crippen molar-refractivity contribution in [1.82, 2.24) is 4.31 Å². The van der Waals surface area contributed by atoms with Crippen LogP contribution in [0.25, 0.3) is 0 Å². The van der Waals surface area contributed by atoms with E-state index in [1.807, 2.05) is 13.8 Å². The lowest BCUT2D eigenvalue weighted by atomic mass is 10.2. The quantitative estimate of drug-likeness (QED) is 0.401. The molecular formula is C16H24N4O8S. The molecular weight excluding hydrogens is 408 g/mol. The van der Waals surface area contributed by atoms with Gasteiger partial charge in [0, 0.05) is 32.3 Å². The van der Waals surface area contributed by atoms with Crippen LogP contribution in [0.3, 0.4) is 0 Å². The number of carbonyl (C=O) groups is 1. The Labute approximate surface area is 168 Å². The van der Waals surface area contributed by atoms with E-state index in [9.17, 15) is 33.4 Å². The van der Waals surface area contributed by atoms with Crippen LogP contribution in [0, 0.1) is 20.2 Å². The van der Waals surface area contributed by atoms with Gasteiger partial charge in [0.25, 0.3) is 10.0 Å². The van der Waals surface area contributed by atoms with Crippen molar-refractivity contribution in [2.75, 3.05) is 31.6 Å². The van der Waals surface area contributed by atoms with Crippen molar-refractivity contribution in [2.45, 2.75) is 38.5 Å². The van der Waals surface area contributed by atoms with E-state index in [2.05, 4.69) is 4.74 Å². The number of sulfonamides is 1. The summed E-state index contributed by atoms with van der Waals surface area (Å²) in [5, 5.41) is 23.3. The third kappa shape index (κ3) is 5.31. The summed E-state index contributed by atoms with van der Waals surface area (Å²) in [7, 11) is -3.71. The number of anilines is 1. The summed E-state index contributed by atoms with van der Waals surface area (Å²) >= 11 is 0. The van der Waals surface area contributed by atoms with Gasteiger partial charge in [0.2, 0.25) is 0 Å². The van der Waals surface area contributed by atoms with Crippen LogP contribution in [-0.4, -0.2) is 55.4 Å². The predicted octanol–water partition coefficient (Wildman–Crippen LogP) is 2.91. The summed E-state index contributed by atoms with van der Waals surface area (Å²) in [6, 6.07) is 1.46. The Morgan fingerprint density at radius 1 is 1.03 bits per heavy atom. The summed E-state index contributed by atoms with van der Waals surface area (Å²) in [5.41, 5.74) is -1.71. The third-order valence-corrected chi connectivity index (χ3v) is 5.62. The van der Waals surface area contributed by atoms with Gasteiger partial charge in [-0.25, -0.2) is 17.5 Å². The summed E-state index contributed by atoms with van der Waals surface area (Å²) in [5.74, 6) is 0. The number of benzene rings is 1. The van der Waals surface area contributed by atoms with E-state index in [0.717, 1.165) is 19.2 Å². The zero-order chi connectivity index (χ0) is 22.4. The lowest BCUT2D eigenvalue weighted by molar-refractivity contribution is -0.393. The smallest absolute Gasteiger partial charge is 0.423 e. The Balaban J connectivity index is 3.77. The Morgan fingerprint density at radius 3 is 1.83 bits per heavy atom. The highest BCUT2D eigenvalue weighted by Gasteiger charge is 2.36. The summed E-state index contributed by atoms with van der Waals surface area (Å²) in [6.07, 6.45) is -0.0691. The minimum absolute atomic E-state index is 0.0963. The van der Waals surface area contributed by atoms with E-state index >= 15 is 0 Å². The second kappa shape index (κ2) is 10.0. The molecule has 0 fully saturated rings. The van der Waals surface area contributed by atoms with Crippen LogP contribution in [-0.2, 0) is 14.8 Å². The number of nitrogens with zero attached hydrogens (tertiary/aromatic N) is 4. The Morgan fingerprint density at radius 2 is 1.48 bits per heavy atom. The van der Waals surface area contributed by atoms with Gasteiger partial charge in [-0.1, -0.05) is 13.8 Å². The van der Waals surface area contributed by atoms with Crippen LogP contribution < -0.4 is 4.90 Å². The molecule has 0 aliphatic carbocycles. The largest absolute Gasteiger partial charge is 0.449 e. The van der Waals surface area contributed by atoms with Gasteiger partial charge >= 0.3 is 17.5 Å². The molecule has 0 aromatic heterocycles. The molecule has 1 rings (SSSR count). The number of nitro groups is 2. The molecule has 1 aromatic carbocycles. The standard InChI is InChI=1S/C16H24N4O8S/c1-5-8-18(9-6-2)15-13(19(22)23)10-12(11-14(15)20(24)25)29(26,27)17(4)16(21)28-7-3/h10-11H,5-9H2,1-4H3. The van der Waals surface area contributed by atoms with Crippen molar-refractivity contribution >= 4 is 33.2 Å². The second-order valence-electron chi connectivity index (χ2n) is 5.98. The van der Waals surface area contributed by atoms with Crippen LogP contribution in [0.4, 0.5) is 21.9 Å². The monoisotopic (exact) mass is 432 g/mol. The summed E-state index contributed by atoms with van der Waals surface area (Å²) < 4.78 is 30.3. The zero-order valence-electron chi connectivity index (χ0n) is 16.7. The van der Waals surface area contributed by atoms with Crippen molar-refractivity contribution in [3.05, 3.63) is 32.4 Å². The molecule has 29 heavy (non-hydrogen) atoms. The first-order chi connectivity index (χ1) is 13.5. The fourth-order valence-electron chi connectivity index (χ4n) is 2.68. The highest BCUT2D eigenvalue weighted by molar-refractivity contribution is 7.89. The molecule has 13 heteroatoms. The molecule has 0 N–H and O–H groups in total. The van der Waals surface area contributed by atoms with Gasteiger partial charge in [-0.15, -0.1) is 0 Å². The van der Waals surface area contributed by atoms with Gasteiger partial charge in [0.15, 0.2) is 5.69 Å². The molecule has 0 unspecified atom stereocenters. The van der Waals surface area contributed by atoms with Crippen LogP contribution >= 0.6 is 0 Å². The van der Waals surface area contributed by atoms with Crippen LogP contribution in [0.5, 0.6) is 0 Å². The maximum absolute atomic E-state index is 12.7. The number of carbonyl (C=O) groups excluding carboxylic acids is 1. The highest BCUT2D eigenvalue weighted by Crippen LogP contribution is 2.40. The molecule has 162 valence electrons. The SMILES string of the molecule is CCCN(CCC)c1c([N+](=O)[O-])cc(S(=O)(=O)N(C)C(=O)OCC)cc1[N+](=O)[O-]. The van der Waals surface area contributed by atoms with E-state index in [1.165, 1.54) is 11.8 Å². The zero-order valence-corrected chi connectivity index (χ0v) is 17.5. The molecule has 0 saturated heterocycles. The van der Waals surface area contributed by atoms with Gasteiger partial charge in [-0.05, 0) is 19.8 Å². The third-order valence-electron chi connectivity index (χ3n) is 3.92. The minimum Gasteiger partial charge on any atom is -0.449 e. The lowest BCUT2D eigenvalue weighted by Gasteiger charge is -2.24. The van der Waals surface area contributed by atoms with E-state index in [-0.39, 0.29) is 16.6 Å². The maximum Gasteiger partial charge on any atom is 0.423 e. The van der Waals surface area contributed by atoms with Crippen molar-refractivity contribution in [3.63, 3.8) is 0 Å². The Hall–Kier alpha value is -2.96. The fourth-order valence-corrected chi connectivity index (χ4v) is 3.76. The van der Waals surface area contributed by atoms with Crippen molar-refractivity contribution < 1.29 is 27.8 Å². The fraction of sp³-hybridized carbons (Fsp3) is 0.562. The molecule has 0 bridgehead atoms. The molecule has 1 aromatic rings. The minimum atomic E-state index is -4.61. The average Bonchev–Trinajstić information content (AvgIpc) is 2.66. The van der Waals surface area contributed by atoms with Gasteiger partial charge < -0.3 is 9.64 Å². The normalized spacial score (nSPS) is 11.0. The number of hydrogen-bond acceptors (Lipinski definition) is 9. The first kappa shape index (κ1) is 24.1. The van der Waals surface area contributed by atoms with Gasteiger partial charge in [-0.2, -0.15) is 0 Å². The molecule has 0 aliphatic rings. The predicted molar refractivity (Wildman–Crippen MR) is 105 cm³/mol. The Kier molecular flexibility index (Phi) is 8.30. The van der Waals surface area contributed by atoms with Crippen molar-refractivity contribution in [2.24, 2.45) is 0 Å². The first-order valence-electron chi connectivity index (χ1n) is 8.90. The number of amides is 1. The number of hydrogen-bond donors (Lipinski definition) is 0. The number of rotatable bonds is 10. The molecule has 1 amide bonds. The molecule has 0 saturated carbocycles. The molecule has 12 nitrogen and oxygen atoms in total. The highest BCUT2D eigenvalue weighted by atomic mass is 32.2. The van der Waals surface area contributed by atoms with Crippen molar-refractivity contribution in [3.8, 4) is 0 Å². The topological polar surface area (TPSA) is 153 Å². The van der Waals surface area contributed by atoms with Gasteiger partial charge in [-0.3, -0.25) is 20.2 Å². The molecule has 0 aliphatic heterocycles. The van der Waals surface area contributed by atoms with Crippen molar-refractivity contribution in [1.29, 1.82) is 0 Å². The summed E-state index contributed by atoms with van der Waals surface area (Å²) in [6.45, 7) is 5.62. The summed E-state index contributed by atoms with van der Waals surface area (Å²) in [4.78, 5) is 34.1. The van der Waals surface area contributed by atoms with E-state index in [0.29, 0.717) is 25.9 Å². The molecule has 0 radical (unpaired) electrons. The van der Waals surface area contributed by atoms with Crippen LogP contribution in [0.2, 0.25) is 0 Å². The average molecular weight is 432 g/mol. The number of nitro benzene ring substituents is 2. The van der Waals surface area contributed by atoms with E-state index in [1.54, 1.807) is 0 Å². The molecule has 0 atom stereocenters. The lowest BCUT2D eigenvalue weighted by Crippen LogP contribution is -2.34. The molecule has 0 heterocycles. The van der Waals surface area contributed by atoms with E-state index < -0.39 is 42.2 Å². The second-order valence-corrected chi connectivity index (χ2v) is 7.95. The van der Waals surface area contributed by atoms with Crippen LogP contribution in [0.15, 0.2) is 17.0 Å². The first-order valence-corrected chi connectivity index (χ1v) is 10.3.